The van der Waals surface area contributed by atoms with Gasteiger partial charge in [0.05, 0.1) is 4.90 Å². The van der Waals surface area contributed by atoms with E-state index in [2.05, 4.69) is 0 Å². The molecular weight excluding hydrogens is 330 g/mol. The second-order valence-corrected chi connectivity index (χ2v) is 8.41. The van der Waals surface area contributed by atoms with E-state index >= 15 is 0 Å². The fourth-order valence-electron chi connectivity index (χ4n) is 3.55. The summed E-state index contributed by atoms with van der Waals surface area (Å²) in [6, 6.07) is 6.21. The van der Waals surface area contributed by atoms with Gasteiger partial charge in [0.1, 0.15) is 6.73 Å². The Morgan fingerprint density at radius 1 is 1.04 bits per heavy atom. The molecule has 0 radical (unpaired) electrons. The third-order valence-electron chi connectivity index (χ3n) is 4.97. The molecule has 1 heterocycles. The van der Waals surface area contributed by atoms with Crippen molar-refractivity contribution >= 4 is 21.9 Å². The van der Waals surface area contributed by atoms with E-state index in [0.717, 1.165) is 36.1 Å². The highest BCUT2D eigenvalue weighted by molar-refractivity contribution is 7.86. The molecule has 1 spiro atoms. The van der Waals surface area contributed by atoms with Gasteiger partial charge in [-0.25, -0.2) is 4.18 Å². The Labute approximate surface area is 141 Å². The van der Waals surface area contributed by atoms with Gasteiger partial charge in [-0.2, -0.15) is 8.42 Å². The quantitative estimate of drug-likeness (QED) is 0.614. The van der Waals surface area contributed by atoms with Gasteiger partial charge in [-0.05, 0) is 37.3 Å². The van der Waals surface area contributed by atoms with Crippen LogP contribution in [0.3, 0.4) is 0 Å². The van der Waals surface area contributed by atoms with Gasteiger partial charge in [0.2, 0.25) is 11.8 Å². The molecule has 1 aromatic rings. The van der Waals surface area contributed by atoms with E-state index < -0.39 is 16.8 Å². The molecule has 2 fully saturated rings. The van der Waals surface area contributed by atoms with Crippen LogP contribution in [0.4, 0.5) is 0 Å². The van der Waals surface area contributed by atoms with Crippen molar-refractivity contribution in [3.63, 3.8) is 0 Å². The predicted molar refractivity (Wildman–Crippen MR) is 86.3 cm³/mol. The summed E-state index contributed by atoms with van der Waals surface area (Å²) in [5, 5.41) is 0. The van der Waals surface area contributed by atoms with Crippen molar-refractivity contribution in [2.45, 2.75) is 50.3 Å². The number of imide groups is 1. The van der Waals surface area contributed by atoms with Crippen molar-refractivity contribution in [2.24, 2.45) is 5.41 Å². The first kappa shape index (κ1) is 17.1. The highest BCUT2D eigenvalue weighted by Crippen LogP contribution is 2.46. The normalized spacial score (nSPS) is 20.8. The molecule has 1 saturated carbocycles. The van der Waals surface area contributed by atoms with Crippen LogP contribution in [-0.2, 0) is 23.9 Å². The molecule has 130 valence electrons. The fraction of sp³-hybridized carbons (Fsp3) is 0.529. The number of piperidine rings is 1. The molecule has 2 amide bonds. The lowest BCUT2D eigenvalue weighted by Crippen LogP contribution is -2.48. The highest BCUT2D eigenvalue weighted by atomic mass is 32.2. The summed E-state index contributed by atoms with van der Waals surface area (Å²) in [4.78, 5) is 25.5. The molecule has 3 rings (SSSR count). The van der Waals surface area contributed by atoms with Gasteiger partial charge in [0, 0.05) is 12.8 Å². The highest BCUT2D eigenvalue weighted by Gasteiger charge is 2.45. The molecular formula is C17H21NO5S. The average molecular weight is 351 g/mol. The van der Waals surface area contributed by atoms with Gasteiger partial charge in [0.15, 0.2) is 0 Å². The summed E-state index contributed by atoms with van der Waals surface area (Å²) in [7, 11) is -4.00. The Bertz CT molecular complexity index is 728. The minimum absolute atomic E-state index is 0.0114. The Morgan fingerprint density at radius 2 is 1.58 bits per heavy atom. The lowest BCUT2D eigenvalue weighted by Gasteiger charge is -2.36. The number of amides is 2. The SMILES string of the molecule is Cc1ccc(S(=O)(=O)OCN2C(=O)CC3(CCCC3)CC2=O)cc1. The van der Waals surface area contributed by atoms with Crippen LogP contribution in [0.2, 0.25) is 0 Å². The number of likely N-dealkylation sites (tertiary alicyclic amines) is 1. The van der Waals surface area contributed by atoms with Crippen molar-refractivity contribution in [3.05, 3.63) is 29.8 Å². The summed E-state index contributed by atoms with van der Waals surface area (Å²) in [6.07, 6.45) is 4.46. The minimum Gasteiger partial charge on any atom is -0.274 e. The molecule has 0 unspecified atom stereocenters. The molecule has 0 atom stereocenters. The van der Waals surface area contributed by atoms with E-state index in [1.165, 1.54) is 12.1 Å². The monoisotopic (exact) mass is 351 g/mol. The first-order valence-electron chi connectivity index (χ1n) is 8.11. The first-order valence-corrected chi connectivity index (χ1v) is 9.52. The van der Waals surface area contributed by atoms with E-state index in [1.54, 1.807) is 12.1 Å². The average Bonchev–Trinajstić information content (AvgIpc) is 2.94. The molecule has 0 bridgehead atoms. The largest absolute Gasteiger partial charge is 0.298 e. The van der Waals surface area contributed by atoms with Crippen LogP contribution in [0, 0.1) is 12.3 Å². The summed E-state index contributed by atoms with van der Waals surface area (Å²) in [5.41, 5.74) is 0.720. The lowest BCUT2D eigenvalue weighted by atomic mass is 9.76. The zero-order valence-electron chi connectivity index (χ0n) is 13.7. The van der Waals surface area contributed by atoms with Crippen LogP contribution >= 0.6 is 0 Å². The molecule has 6 nitrogen and oxygen atoms in total. The fourth-order valence-corrected chi connectivity index (χ4v) is 4.40. The van der Waals surface area contributed by atoms with E-state index in [1.807, 2.05) is 6.92 Å². The number of hydrogen-bond donors (Lipinski definition) is 0. The Balaban J connectivity index is 1.67. The van der Waals surface area contributed by atoms with E-state index in [9.17, 15) is 18.0 Å². The number of carbonyl (C=O) groups excluding carboxylic acids is 2. The van der Waals surface area contributed by atoms with Crippen molar-refractivity contribution in [3.8, 4) is 0 Å². The molecule has 24 heavy (non-hydrogen) atoms. The zero-order valence-corrected chi connectivity index (χ0v) is 14.5. The van der Waals surface area contributed by atoms with Crippen LogP contribution in [0.1, 0.15) is 44.1 Å². The second kappa shape index (κ2) is 6.29. The maximum atomic E-state index is 12.3. The van der Waals surface area contributed by atoms with Gasteiger partial charge in [-0.1, -0.05) is 30.5 Å². The van der Waals surface area contributed by atoms with Crippen LogP contribution in [0.5, 0.6) is 0 Å². The van der Waals surface area contributed by atoms with E-state index in [-0.39, 0.29) is 22.1 Å². The van der Waals surface area contributed by atoms with E-state index in [4.69, 9.17) is 4.18 Å². The Hall–Kier alpha value is -1.73. The second-order valence-electron chi connectivity index (χ2n) is 6.79. The number of nitrogens with zero attached hydrogens (tertiary/aromatic N) is 1. The molecule has 1 aliphatic heterocycles. The van der Waals surface area contributed by atoms with Gasteiger partial charge in [-0.15, -0.1) is 0 Å². The maximum Gasteiger partial charge on any atom is 0.298 e. The Kier molecular flexibility index (Phi) is 4.48. The third-order valence-corrected chi connectivity index (χ3v) is 6.23. The minimum atomic E-state index is -4.00. The van der Waals surface area contributed by atoms with E-state index in [0.29, 0.717) is 12.8 Å². The molecule has 2 aliphatic rings. The van der Waals surface area contributed by atoms with Crippen molar-refractivity contribution in [2.75, 3.05) is 6.73 Å². The van der Waals surface area contributed by atoms with Crippen LogP contribution < -0.4 is 0 Å². The number of carbonyl (C=O) groups is 2. The molecule has 1 saturated heterocycles. The van der Waals surface area contributed by atoms with Crippen molar-refractivity contribution < 1.29 is 22.2 Å². The van der Waals surface area contributed by atoms with Gasteiger partial charge in [-0.3, -0.25) is 14.5 Å². The maximum absolute atomic E-state index is 12.3. The Morgan fingerprint density at radius 3 is 2.12 bits per heavy atom. The van der Waals surface area contributed by atoms with Crippen LogP contribution in [0.25, 0.3) is 0 Å². The van der Waals surface area contributed by atoms with Gasteiger partial charge in [0.25, 0.3) is 10.1 Å². The number of benzene rings is 1. The topological polar surface area (TPSA) is 80.8 Å². The molecule has 1 aromatic carbocycles. The predicted octanol–water partition coefficient (Wildman–Crippen LogP) is 2.37. The van der Waals surface area contributed by atoms with Crippen molar-refractivity contribution in [1.82, 2.24) is 4.90 Å². The molecule has 0 aromatic heterocycles. The molecule has 7 heteroatoms. The molecule has 1 aliphatic carbocycles. The summed E-state index contributed by atoms with van der Waals surface area (Å²) < 4.78 is 29.3. The smallest absolute Gasteiger partial charge is 0.274 e. The van der Waals surface area contributed by atoms with Crippen molar-refractivity contribution in [1.29, 1.82) is 0 Å². The lowest BCUT2D eigenvalue weighted by molar-refractivity contribution is -0.156. The third kappa shape index (κ3) is 3.37. The van der Waals surface area contributed by atoms with Crippen LogP contribution in [-0.4, -0.2) is 31.9 Å². The zero-order chi connectivity index (χ0) is 17.4. The number of rotatable bonds is 4. The summed E-state index contributed by atoms with van der Waals surface area (Å²) in [6.45, 7) is 1.30. The number of hydrogen-bond acceptors (Lipinski definition) is 5. The van der Waals surface area contributed by atoms with Gasteiger partial charge < -0.3 is 0 Å². The summed E-state index contributed by atoms with van der Waals surface area (Å²) >= 11 is 0. The van der Waals surface area contributed by atoms with Gasteiger partial charge >= 0.3 is 0 Å². The first-order chi connectivity index (χ1) is 11.3. The number of aryl methyl sites for hydroxylation is 1. The standard InChI is InChI=1S/C17H21NO5S/c1-13-4-6-14(7-5-13)24(21,22)23-12-18-15(19)10-17(11-16(18)20)8-2-3-9-17/h4-7H,2-3,8-12H2,1H3. The summed E-state index contributed by atoms with van der Waals surface area (Å²) in [5.74, 6) is -0.681. The molecule has 0 N–H and O–H groups in total. The van der Waals surface area contributed by atoms with Crippen LogP contribution in [0.15, 0.2) is 29.2 Å².